The summed E-state index contributed by atoms with van der Waals surface area (Å²) >= 11 is 1.78. The number of aryl methyl sites for hydroxylation is 1. The molecule has 0 N–H and O–H groups in total. The lowest BCUT2D eigenvalue weighted by atomic mass is 10.2. The zero-order valence-corrected chi connectivity index (χ0v) is 13.7. The third-order valence-electron chi connectivity index (χ3n) is 3.11. The number of benzene rings is 1. The molecule has 0 atom stereocenters. The van der Waals surface area contributed by atoms with Crippen LogP contribution in [0.15, 0.2) is 42.6 Å². The van der Waals surface area contributed by atoms with Crippen LogP contribution in [0.2, 0.25) is 0 Å². The molecule has 0 saturated heterocycles. The first-order chi connectivity index (χ1) is 10.3. The summed E-state index contributed by atoms with van der Waals surface area (Å²) in [5.74, 6) is 0.925. The lowest BCUT2D eigenvalue weighted by molar-refractivity contribution is 0.325. The molecule has 2 aromatic rings. The zero-order valence-electron chi connectivity index (χ0n) is 12.8. The maximum Gasteiger partial charge on any atom is 0.123 e. The van der Waals surface area contributed by atoms with Crippen LogP contribution >= 0.6 is 11.3 Å². The molecule has 0 aliphatic heterocycles. The molecule has 1 aromatic carbocycles. The molecule has 0 unspecified atom stereocenters. The van der Waals surface area contributed by atoms with E-state index >= 15 is 0 Å². The first-order valence-electron chi connectivity index (χ1n) is 7.66. The predicted molar refractivity (Wildman–Crippen MR) is 91.1 cm³/mol. The molecule has 21 heavy (non-hydrogen) atoms. The van der Waals surface area contributed by atoms with Crippen LogP contribution in [0.5, 0.6) is 5.75 Å². The molecular formula is C18H23NOS. The van der Waals surface area contributed by atoms with Crippen LogP contribution < -0.4 is 4.74 Å². The monoisotopic (exact) mass is 301 g/mol. The van der Waals surface area contributed by atoms with Crippen molar-refractivity contribution < 1.29 is 4.74 Å². The summed E-state index contributed by atoms with van der Waals surface area (Å²) in [4.78, 5) is 5.86. The molecule has 0 fully saturated rings. The Balaban J connectivity index is 1.90. The third kappa shape index (κ3) is 5.01. The highest BCUT2D eigenvalue weighted by molar-refractivity contribution is 7.15. The first-order valence-corrected chi connectivity index (χ1v) is 8.48. The van der Waals surface area contributed by atoms with Gasteiger partial charge in [0.2, 0.25) is 0 Å². The second-order valence-corrected chi connectivity index (χ2v) is 6.04. The molecule has 0 bridgehead atoms. The van der Waals surface area contributed by atoms with E-state index in [1.54, 1.807) is 11.3 Å². The maximum absolute atomic E-state index is 5.72. The topological polar surface area (TPSA) is 22.1 Å². The summed E-state index contributed by atoms with van der Waals surface area (Å²) in [6.07, 6.45) is 10.7. The van der Waals surface area contributed by atoms with Crippen LogP contribution in [0.3, 0.4) is 0 Å². The summed E-state index contributed by atoms with van der Waals surface area (Å²) < 4.78 is 5.72. The molecule has 2 rings (SSSR count). The van der Waals surface area contributed by atoms with Gasteiger partial charge < -0.3 is 4.74 Å². The van der Waals surface area contributed by atoms with Gasteiger partial charge in [-0.1, -0.05) is 32.4 Å². The number of nitrogens with zero attached hydrogens (tertiary/aromatic N) is 1. The smallest absolute Gasteiger partial charge is 0.123 e. The molecule has 0 spiro atoms. The largest absolute Gasteiger partial charge is 0.493 e. The molecule has 112 valence electrons. The second-order valence-electron chi connectivity index (χ2n) is 4.92. The van der Waals surface area contributed by atoms with Gasteiger partial charge in [0.15, 0.2) is 0 Å². The van der Waals surface area contributed by atoms with Crippen molar-refractivity contribution in [3.05, 3.63) is 47.5 Å². The molecule has 3 heteroatoms. The van der Waals surface area contributed by atoms with E-state index in [9.17, 15) is 0 Å². The van der Waals surface area contributed by atoms with Crippen molar-refractivity contribution in [2.45, 2.75) is 39.5 Å². The highest BCUT2D eigenvalue weighted by Gasteiger charge is 2.04. The van der Waals surface area contributed by atoms with Gasteiger partial charge >= 0.3 is 0 Å². The van der Waals surface area contributed by atoms with Crippen molar-refractivity contribution in [2.24, 2.45) is 0 Å². The summed E-state index contributed by atoms with van der Waals surface area (Å²) in [7, 11) is 0. The van der Waals surface area contributed by atoms with Gasteiger partial charge in [0.1, 0.15) is 10.8 Å². The quantitative estimate of drug-likeness (QED) is 0.474. The van der Waals surface area contributed by atoms with E-state index in [2.05, 4.69) is 43.1 Å². The highest BCUT2D eigenvalue weighted by Crippen LogP contribution is 2.27. The molecule has 0 aliphatic carbocycles. The van der Waals surface area contributed by atoms with Gasteiger partial charge in [-0.05, 0) is 43.5 Å². The molecule has 1 aromatic heterocycles. The number of allylic oxidation sites excluding steroid dienone is 1. The second kappa shape index (κ2) is 8.63. The van der Waals surface area contributed by atoms with Gasteiger partial charge in [0.25, 0.3) is 0 Å². The Kier molecular flexibility index (Phi) is 6.48. The van der Waals surface area contributed by atoms with Crippen LogP contribution in [0.25, 0.3) is 10.6 Å². The average molecular weight is 301 g/mol. The van der Waals surface area contributed by atoms with E-state index in [4.69, 9.17) is 4.74 Å². The Morgan fingerprint density at radius 2 is 1.95 bits per heavy atom. The van der Waals surface area contributed by atoms with Gasteiger partial charge in [0, 0.05) is 16.6 Å². The van der Waals surface area contributed by atoms with Crippen LogP contribution in [0, 0.1) is 0 Å². The van der Waals surface area contributed by atoms with Gasteiger partial charge in [0.05, 0.1) is 6.61 Å². The Bertz CT molecular complexity index is 557. The van der Waals surface area contributed by atoms with Gasteiger partial charge in [-0.3, -0.25) is 0 Å². The Labute approximate surface area is 131 Å². The number of aromatic nitrogens is 1. The summed E-state index contributed by atoms with van der Waals surface area (Å²) in [5.41, 5.74) is 1.17. The minimum atomic E-state index is 0.730. The number of ether oxygens (including phenoxy) is 1. The minimum absolute atomic E-state index is 0.730. The van der Waals surface area contributed by atoms with E-state index in [1.807, 2.05) is 18.3 Å². The summed E-state index contributed by atoms with van der Waals surface area (Å²) in [5, 5.41) is 1.09. The number of hydrogen-bond acceptors (Lipinski definition) is 3. The standard InChI is InChI=1S/C18H23NOS/c1-3-5-6-7-13-20-16-11-9-15(10-12-16)18-19-14-17(21-18)8-4-2/h5-6,9-12,14H,3-4,7-8,13H2,1-2H3. The van der Waals surface area contributed by atoms with Crippen molar-refractivity contribution in [1.82, 2.24) is 4.98 Å². The fourth-order valence-electron chi connectivity index (χ4n) is 2.03. The number of hydrogen-bond donors (Lipinski definition) is 0. The van der Waals surface area contributed by atoms with E-state index < -0.39 is 0 Å². The van der Waals surface area contributed by atoms with Crippen LogP contribution in [-0.2, 0) is 6.42 Å². The van der Waals surface area contributed by atoms with Crippen molar-refractivity contribution in [3.8, 4) is 16.3 Å². The normalized spacial score (nSPS) is 11.1. The van der Waals surface area contributed by atoms with E-state index in [-0.39, 0.29) is 0 Å². The minimum Gasteiger partial charge on any atom is -0.493 e. The fraction of sp³-hybridized carbons (Fsp3) is 0.389. The van der Waals surface area contributed by atoms with Crippen molar-refractivity contribution in [2.75, 3.05) is 6.61 Å². The van der Waals surface area contributed by atoms with Crippen molar-refractivity contribution in [3.63, 3.8) is 0 Å². The lowest BCUT2D eigenvalue weighted by Crippen LogP contribution is -1.95. The van der Waals surface area contributed by atoms with Gasteiger partial charge in [-0.25, -0.2) is 4.98 Å². The van der Waals surface area contributed by atoms with E-state index in [0.29, 0.717) is 0 Å². The SMILES string of the molecule is CCC=CCCOc1ccc(-c2ncc(CCC)s2)cc1. The average Bonchev–Trinajstić information content (AvgIpc) is 2.97. The molecule has 0 saturated carbocycles. The number of thiazole rings is 1. The summed E-state index contributed by atoms with van der Waals surface area (Å²) in [6, 6.07) is 8.23. The molecule has 0 aliphatic rings. The van der Waals surface area contributed by atoms with Crippen LogP contribution in [0.1, 0.15) is 38.0 Å². The molecule has 2 nitrogen and oxygen atoms in total. The third-order valence-corrected chi connectivity index (χ3v) is 4.21. The number of rotatable bonds is 8. The van der Waals surface area contributed by atoms with Gasteiger partial charge in [-0.15, -0.1) is 11.3 Å². The van der Waals surface area contributed by atoms with Crippen LogP contribution in [-0.4, -0.2) is 11.6 Å². The Hall–Kier alpha value is -1.61. The predicted octanol–water partition coefficient (Wildman–Crippen LogP) is 5.50. The Morgan fingerprint density at radius 3 is 2.67 bits per heavy atom. The van der Waals surface area contributed by atoms with E-state index in [0.717, 1.165) is 36.6 Å². The first kappa shape index (κ1) is 15.8. The lowest BCUT2D eigenvalue weighted by Gasteiger charge is -2.05. The maximum atomic E-state index is 5.72. The fourth-order valence-corrected chi connectivity index (χ4v) is 3.05. The van der Waals surface area contributed by atoms with Crippen molar-refractivity contribution in [1.29, 1.82) is 0 Å². The Morgan fingerprint density at radius 1 is 1.14 bits per heavy atom. The molecule has 1 heterocycles. The van der Waals surface area contributed by atoms with Crippen LogP contribution in [0.4, 0.5) is 0 Å². The molecular weight excluding hydrogens is 278 g/mol. The molecule has 0 amide bonds. The van der Waals surface area contributed by atoms with E-state index in [1.165, 1.54) is 16.9 Å². The highest BCUT2D eigenvalue weighted by atomic mass is 32.1. The zero-order chi connectivity index (χ0) is 14.9. The van der Waals surface area contributed by atoms with Gasteiger partial charge in [-0.2, -0.15) is 0 Å². The molecule has 0 radical (unpaired) electrons. The summed E-state index contributed by atoms with van der Waals surface area (Å²) in [6.45, 7) is 5.07. The van der Waals surface area contributed by atoms with Crippen molar-refractivity contribution >= 4 is 11.3 Å².